The van der Waals surface area contributed by atoms with Crippen LogP contribution in [0.2, 0.25) is 5.02 Å². The van der Waals surface area contributed by atoms with Crippen molar-refractivity contribution in [1.29, 1.82) is 0 Å². The number of carbonyl (C=O) groups is 1. The number of carbonyl (C=O) groups excluding carboxylic acids is 1. The van der Waals surface area contributed by atoms with Crippen molar-refractivity contribution in [1.82, 2.24) is 9.97 Å². The Hall–Kier alpha value is -3.12. The summed E-state index contributed by atoms with van der Waals surface area (Å²) in [6, 6.07) is 14.6. The lowest BCUT2D eigenvalue weighted by Gasteiger charge is -2.19. The van der Waals surface area contributed by atoms with Gasteiger partial charge in [0.15, 0.2) is 6.61 Å². The van der Waals surface area contributed by atoms with Gasteiger partial charge in [-0.3, -0.25) is 9.78 Å². The lowest BCUT2D eigenvalue weighted by molar-refractivity contribution is -0.118. The average molecular weight is 397 g/mol. The Morgan fingerprint density at radius 2 is 1.86 bits per heavy atom. The Morgan fingerprint density at radius 1 is 1.11 bits per heavy atom. The van der Waals surface area contributed by atoms with E-state index in [1.54, 1.807) is 48.9 Å². The molecule has 0 aliphatic carbocycles. The van der Waals surface area contributed by atoms with Crippen LogP contribution in [0.5, 0.6) is 5.75 Å². The van der Waals surface area contributed by atoms with Crippen molar-refractivity contribution < 1.29 is 9.53 Å². The number of pyridine rings is 2. The molecule has 7 heteroatoms. The van der Waals surface area contributed by atoms with E-state index in [-0.39, 0.29) is 12.5 Å². The molecular formula is C21H21ClN4O2. The largest absolute Gasteiger partial charge is 0.484 e. The maximum atomic E-state index is 12.0. The molecule has 0 bridgehead atoms. The third-order valence-corrected chi connectivity index (χ3v) is 4.38. The lowest BCUT2D eigenvalue weighted by Crippen LogP contribution is -2.22. The first-order chi connectivity index (χ1) is 13.6. The number of amides is 1. The molecular weight excluding hydrogens is 376 g/mol. The zero-order valence-electron chi connectivity index (χ0n) is 15.5. The van der Waals surface area contributed by atoms with Crippen molar-refractivity contribution in [3.05, 3.63) is 77.7 Å². The lowest BCUT2D eigenvalue weighted by atomic mass is 10.2. The van der Waals surface area contributed by atoms with Crippen molar-refractivity contribution in [2.24, 2.45) is 0 Å². The molecule has 0 spiro atoms. The van der Waals surface area contributed by atoms with Crippen molar-refractivity contribution in [2.45, 2.75) is 6.42 Å². The minimum absolute atomic E-state index is 0.100. The van der Waals surface area contributed by atoms with Crippen LogP contribution in [0.1, 0.15) is 5.56 Å². The number of hydrogen-bond acceptors (Lipinski definition) is 5. The Labute approximate surface area is 169 Å². The van der Waals surface area contributed by atoms with Gasteiger partial charge in [0, 0.05) is 31.0 Å². The van der Waals surface area contributed by atoms with Gasteiger partial charge in [-0.15, -0.1) is 0 Å². The molecule has 2 aromatic heterocycles. The third-order valence-electron chi connectivity index (χ3n) is 4.12. The summed E-state index contributed by atoms with van der Waals surface area (Å²) in [6.45, 7) is 0.753. The van der Waals surface area contributed by atoms with E-state index in [1.165, 1.54) is 5.56 Å². The van der Waals surface area contributed by atoms with Gasteiger partial charge in [0.25, 0.3) is 5.91 Å². The molecule has 3 rings (SSSR count). The van der Waals surface area contributed by atoms with E-state index >= 15 is 0 Å². The minimum Gasteiger partial charge on any atom is -0.484 e. The Kier molecular flexibility index (Phi) is 6.81. The highest BCUT2D eigenvalue weighted by Crippen LogP contribution is 2.16. The number of nitrogens with one attached hydrogen (secondary N) is 1. The predicted octanol–water partition coefficient (Wildman–Crippen LogP) is 3.83. The number of ether oxygens (including phenoxy) is 1. The van der Waals surface area contributed by atoms with Gasteiger partial charge in [0.05, 0.1) is 11.9 Å². The van der Waals surface area contributed by atoms with Crippen molar-refractivity contribution in [3.63, 3.8) is 0 Å². The summed E-state index contributed by atoms with van der Waals surface area (Å²) in [5, 5.41) is 3.34. The Bertz CT molecular complexity index is 887. The monoisotopic (exact) mass is 396 g/mol. The summed E-state index contributed by atoms with van der Waals surface area (Å²) in [6.07, 6.45) is 6.25. The minimum atomic E-state index is -0.277. The fourth-order valence-corrected chi connectivity index (χ4v) is 2.65. The molecule has 0 aliphatic rings. The van der Waals surface area contributed by atoms with Crippen molar-refractivity contribution in [2.75, 3.05) is 30.4 Å². The fourth-order valence-electron chi connectivity index (χ4n) is 2.52. The zero-order valence-corrected chi connectivity index (χ0v) is 16.3. The molecule has 1 N–H and O–H groups in total. The molecule has 1 aromatic carbocycles. The summed E-state index contributed by atoms with van der Waals surface area (Å²) in [4.78, 5) is 22.5. The quantitative estimate of drug-likeness (QED) is 0.626. The maximum Gasteiger partial charge on any atom is 0.263 e. The first kappa shape index (κ1) is 19.6. The number of hydrogen-bond donors (Lipinski definition) is 1. The van der Waals surface area contributed by atoms with Gasteiger partial charge in [-0.05, 0) is 60.5 Å². The number of halogens is 1. The molecule has 1 amide bonds. The smallest absolute Gasteiger partial charge is 0.263 e. The summed E-state index contributed by atoms with van der Waals surface area (Å²) in [5.41, 5.74) is 2.21. The van der Waals surface area contributed by atoms with E-state index in [4.69, 9.17) is 16.3 Å². The van der Waals surface area contributed by atoms with Gasteiger partial charge < -0.3 is 15.0 Å². The maximum absolute atomic E-state index is 12.0. The van der Waals surface area contributed by atoms with E-state index < -0.39 is 0 Å². The summed E-state index contributed by atoms with van der Waals surface area (Å²) in [5.74, 6) is 0.788. The first-order valence-electron chi connectivity index (χ1n) is 8.84. The highest BCUT2D eigenvalue weighted by Gasteiger charge is 2.07. The highest BCUT2D eigenvalue weighted by molar-refractivity contribution is 6.30. The van der Waals surface area contributed by atoms with Crippen LogP contribution in [0.15, 0.2) is 67.1 Å². The fraction of sp³-hybridized carbons (Fsp3) is 0.190. The van der Waals surface area contributed by atoms with Crippen LogP contribution < -0.4 is 15.0 Å². The molecule has 0 aliphatic heterocycles. The molecule has 0 saturated heterocycles. The van der Waals surface area contributed by atoms with Crippen LogP contribution >= 0.6 is 11.6 Å². The SMILES string of the molecule is CN(CCc1ccncc1)c1ccc(NC(=O)COc2ccc(Cl)cc2)nc1. The van der Waals surface area contributed by atoms with Crippen LogP contribution in [0.4, 0.5) is 11.5 Å². The number of nitrogens with zero attached hydrogens (tertiary/aromatic N) is 3. The second-order valence-corrected chi connectivity index (χ2v) is 6.66. The van der Waals surface area contributed by atoms with Gasteiger partial charge in [0.2, 0.25) is 0 Å². The third kappa shape index (κ3) is 5.96. The normalized spacial score (nSPS) is 10.4. The highest BCUT2D eigenvalue weighted by atomic mass is 35.5. The number of benzene rings is 1. The second-order valence-electron chi connectivity index (χ2n) is 6.22. The van der Waals surface area contributed by atoms with Crippen LogP contribution in [-0.2, 0) is 11.2 Å². The molecule has 0 saturated carbocycles. The molecule has 144 valence electrons. The van der Waals surface area contributed by atoms with Gasteiger partial charge in [-0.25, -0.2) is 4.98 Å². The predicted molar refractivity (Wildman–Crippen MR) is 111 cm³/mol. The molecule has 6 nitrogen and oxygen atoms in total. The van der Waals surface area contributed by atoms with Crippen molar-refractivity contribution >= 4 is 29.0 Å². The van der Waals surface area contributed by atoms with Crippen LogP contribution in [0.3, 0.4) is 0 Å². The number of likely N-dealkylation sites (N-methyl/N-ethyl adjacent to an activating group) is 1. The Morgan fingerprint density at radius 3 is 2.54 bits per heavy atom. The van der Waals surface area contributed by atoms with Crippen LogP contribution in [0, 0.1) is 0 Å². The summed E-state index contributed by atoms with van der Waals surface area (Å²) >= 11 is 5.82. The topological polar surface area (TPSA) is 67.4 Å². The van der Waals surface area contributed by atoms with Crippen molar-refractivity contribution in [3.8, 4) is 5.75 Å². The number of rotatable bonds is 8. The van der Waals surface area contributed by atoms with Crippen LogP contribution in [-0.4, -0.2) is 36.1 Å². The van der Waals surface area contributed by atoms with E-state index in [0.29, 0.717) is 16.6 Å². The number of anilines is 2. The number of aromatic nitrogens is 2. The van der Waals surface area contributed by atoms with E-state index in [0.717, 1.165) is 18.7 Å². The molecule has 0 atom stereocenters. The van der Waals surface area contributed by atoms with Crippen LogP contribution in [0.25, 0.3) is 0 Å². The average Bonchev–Trinajstić information content (AvgIpc) is 2.73. The first-order valence-corrected chi connectivity index (χ1v) is 9.22. The summed E-state index contributed by atoms with van der Waals surface area (Å²) in [7, 11) is 2.01. The Balaban J connectivity index is 1.46. The second kappa shape index (κ2) is 9.71. The molecule has 0 radical (unpaired) electrons. The zero-order chi connectivity index (χ0) is 19.8. The van der Waals surface area contributed by atoms with Gasteiger partial charge in [-0.2, -0.15) is 0 Å². The molecule has 2 heterocycles. The molecule has 3 aromatic rings. The van der Waals surface area contributed by atoms with E-state index in [2.05, 4.69) is 20.2 Å². The molecule has 28 heavy (non-hydrogen) atoms. The van der Waals surface area contributed by atoms with Gasteiger partial charge in [0.1, 0.15) is 11.6 Å². The standard InChI is InChI=1S/C21H21ClN4O2/c1-26(13-10-16-8-11-23-12-9-16)18-4-7-20(24-14-18)25-21(27)15-28-19-5-2-17(22)3-6-19/h2-9,11-12,14H,10,13,15H2,1H3,(H,24,25,27). The summed E-state index contributed by atoms with van der Waals surface area (Å²) < 4.78 is 5.42. The molecule has 0 unspecified atom stereocenters. The van der Waals surface area contributed by atoms with E-state index in [9.17, 15) is 4.79 Å². The van der Waals surface area contributed by atoms with Gasteiger partial charge >= 0.3 is 0 Å². The van der Waals surface area contributed by atoms with E-state index in [1.807, 2.05) is 25.2 Å². The van der Waals surface area contributed by atoms with Gasteiger partial charge in [-0.1, -0.05) is 11.6 Å². The molecule has 0 fully saturated rings.